The first kappa shape index (κ1) is 13.3. The second-order valence-electron chi connectivity index (χ2n) is 6.14. The molecule has 4 nitrogen and oxygen atoms in total. The van der Waals surface area contributed by atoms with Crippen LogP contribution in [-0.2, 0) is 4.79 Å². The third-order valence-corrected chi connectivity index (χ3v) is 4.82. The number of carboxylic acids is 1. The van der Waals surface area contributed by atoms with Gasteiger partial charge in [-0.2, -0.15) is 0 Å². The number of nitrogens with zero attached hydrogens (tertiary/aromatic N) is 1. The number of para-hydroxylation sites is 1. The third kappa shape index (κ3) is 1.99. The number of fused-ring (bicyclic) bond motifs is 3. The lowest BCUT2D eigenvalue weighted by molar-refractivity contribution is -0.148. The average molecular weight is 294 g/mol. The SMILES string of the molecule is CC(c1ccc2c(c1)[nH]c1ccccc12)N1CC(C(=O)O)C1. The van der Waals surface area contributed by atoms with Crippen LogP contribution in [0.3, 0.4) is 0 Å². The van der Waals surface area contributed by atoms with Crippen LogP contribution in [0.15, 0.2) is 42.5 Å². The Bertz CT molecular complexity index is 862. The molecule has 1 atom stereocenters. The second-order valence-corrected chi connectivity index (χ2v) is 6.14. The Kier molecular flexibility index (Phi) is 2.94. The molecule has 1 fully saturated rings. The number of H-pyrrole nitrogens is 1. The van der Waals surface area contributed by atoms with E-state index in [1.807, 2.05) is 6.07 Å². The Morgan fingerprint density at radius 3 is 2.68 bits per heavy atom. The minimum atomic E-state index is -0.686. The van der Waals surface area contributed by atoms with Crippen LogP contribution >= 0.6 is 0 Å². The van der Waals surface area contributed by atoms with Gasteiger partial charge in [0.15, 0.2) is 0 Å². The van der Waals surface area contributed by atoms with Crippen LogP contribution in [0, 0.1) is 5.92 Å². The number of likely N-dealkylation sites (tertiary alicyclic amines) is 1. The van der Waals surface area contributed by atoms with E-state index in [1.165, 1.54) is 16.3 Å². The quantitative estimate of drug-likeness (QED) is 0.778. The molecule has 1 aliphatic heterocycles. The number of rotatable bonds is 3. The van der Waals surface area contributed by atoms with E-state index in [0.29, 0.717) is 13.1 Å². The molecule has 3 aromatic rings. The maximum Gasteiger partial charge on any atom is 0.309 e. The van der Waals surface area contributed by atoms with Crippen molar-refractivity contribution in [2.45, 2.75) is 13.0 Å². The largest absolute Gasteiger partial charge is 0.481 e. The van der Waals surface area contributed by atoms with E-state index in [-0.39, 0.29) is 12.0 Å². The zero-order valence-electron chi connectivity index (χ0n) is 12.4. The number of nitrogens with one attached hydrogen (secondary N) is 1. The fourth-order valence-electron chi connectivity index (χ4n) is 3.33. The monoisotopic (exact) mass is 294 g/mol. The van der Waals surface area contributed by atoms with Gasteiger partial charge >= 0.3 is 5.97 Å². The normalized spacial score (nSPS) is 17.7. The summed E-state index contributed by atoms with van der Waals surface area (Å²) >= 11 is 0. The Morgan fingerprint density at radius 2 is 1.91 bits per heavy atom. The lowest BCUT2D eigenvalue weighted by Gasteiger charge is -2.41. The standard InChI is InChI=1S/C18H18N2O2/c1-11(20-9-13(10-20)18(21)22)12-6-7-15-14-4-2-3-5-16(14)19-17(15)8-12/h2-8,11,13,19H,9-10H2,1H3,(H,21,22). The highest BCUT2D eigenvalue weighted by atomic mass is 16.4. The Morgan fingerprint density at radius 1 is 1.18 bits per heavy atom. The molecular formula is C18H18N2O2. The fourth-order valence-corrected chi connectivity index (χ4v) is 3.33. The van der Waals surface area contributed by atoms with Crippen LogP contribution in [0.4, 0.5) is 0 Å². The molecule has 0 saturated carbocycles. The number of carbonyl (C=O) groups is 1. The van der Waals surface area contributed by atoms with Gasteiger partial charge in [0.2, 0.25) is 0 Å². The molecule has 0 spiro atoms. The number of aromatic nitrogens is 1. The molecule has 112 valence electrons. The van der Waals surface area contributed by atoms with Gasteiger partial charge in [-0.05, 0) is 24.6 Å². The molecule has 2 heterocycles. The highest BCUT2D eigenvalue weighted by Gasteiger charge is 2.35. The number of hydrogen-bond acceptors (Lipinski definition) is 2. The van der Waals surface area contributed by atoms with Crippen LogP contribution in [-0.4, -0.2) is 34.0 Å². The summed E-state index contributed by atoms with van der Waals surface area (Å²) in [6.45, 7) is 3.42. The van der Waals surface area contributed by atoms with Crippen LogP contribution in [0.5, 0.6) is 0 Å². The highest BCUT2D eigenvalue weighted by Crippen LogP contribution is 2.32. The first-order chi connectivity index (χ1) is 10.6. The number of carboxylic acid groups (broad SMARTS) is 1. The minimum absolute atomic E-state index is 0.209. The lowest BCUT2D eigenvalue weighted by atomic mass is 9.95. The zero-order valence-corrected chi connectivity index (χ0v) is 12.4. The third-order valence-electron chi connectivity index (χ3n) is 4.82. The average Bonchev–Trinajstić information content (AvgIpc) is 2.82. The molecule has 4 heteroatoms. The highest BCUT2D eigenvalue weighted by molar-refractivity contribution is 6.07. The van der Waals surface area contributed by atoms with Crippen molar-refractivity contribution in [2.75, 3.05) is 13.1 Å². The van der Waals surface area contributed by atoms with Gasteiger partial charge in [0.25, 0.3) is 0 Å². The van der Waals surface area contributed by atoms with Gasteiger partial charge in [0.05, 0.1) is 5.92 Å². The van der Waals surface area contributed by atoms with Gasteiger partial charge in [-0.3, -0.25) is 9.69 Å². The molecule has 1 saturated heterocycles. The Balaban J connectivity index is 1.65. The van der Waals surface area contributed by atoms with E-state index < -0.39 is 5.97 Å². The van der Waals surface area contributed by atoms with Crippen LogP contribution in [0.25, 0.3) is 21.8 Å². The molecule has 4 rings (SSSR count). The number of aromatic amines is 1. The zero-order chi connectivity index (χ0) is 15.3. The van der Waals surface area contributed by atoms with Crippen LogP contribution in [0.1, 0.15) is 18.5 Å². The molecule has 0 aliphatic carbocycles. The topological polar surface area (TPSA) is 56.3 Å². The Hall–Kier alpha value is -2.33. The van der Waals surface area contributed by atoms with Crippen molar-refractivity contribution < 1.29 is 9.90 Å². The first-order valence-electron chi connectivity index (χ1n) is 7.60. The molecule has 0 radical (unpaired) electrons. The number of hydrogen-bond donors (Lipinski definition) is 2. The number of benzene rings is 2. The predicted octanol–water partition coefficient (Wildman–Crippen LogP) is 3.40. The summed E-state index contributed by atoms with van der Waals surface area (Å²) in [6.07, 6.45) is 0. The van der Waals surface area contributed by atoms with Gasteiger partial charge in [-0.15, -0.1) is 0 Å². The predicted molar refractivity (Wildman–Crippen MR) is 86.9 cm³/mol. The van der Waals surface area contributed by atoms with E-state index in [9.17, 15) is 4.79 Å². The summed E-state index contributed by atoms with van der Waals surface area (Å²) in [5.41, 5.74) is 3.51. The second kappa shape index (κ2) is 4.85. The van der Waals surface area contributed by atoms with Gasteiger partial charge in [0, 0.05) is 40.9 Å². The molecule has 2 N–H and O–H groups in total. The molecule has 22 heavy (non-hydrogen) atoms. The molecule has 1 unspecified atom stereocenters. The van der Waals surface area contributed by atoms with Crippen molar-refractivity contribution in [3.05, 3.63) is 48.0 Å². The Labute approximate surface area is 128 Å². The van der Waals surface area contributed by atoms with Crippen molar-refractivity contribution in [3.63, 3.8) is 0 Å². The minimum Gasteiger partial charge on any atom is -0.481 e. The molecule has 2 aromatic carbocycles. The maximum absolute atomic E-state index is 10.9. The fraction of sp³-hybridized carbons (Fsp3) is 0.278. The summed E-state index contributed by atoms with van der Waals surface area (Å²) in [5, 5.41) is 11.5. The molecular weight excluding hydrogens is 276 g/mol. The summed E-state index contributed by atoms with van der Waals surface area (Å²) < 4.78 is 0. The molecule has 0 bridgehead atoms. The lowest BCUT2D eigenvalue weighted by Crippen LogP contribution is -2.51. The first-order valence-corrected chi connectivity index (χ1v) is 7.60. The van der Waals surface area contributed by atoms with E-state index in [4.69, 9.17) is 5.11 Å². The smallest absolute Gasteiger partial charge is 0.309 e. The van der Waals surface area contributed by atoms with Crippen molar-refractivity contribution in [3.8, 4) is 0 Å². The van der Waals surface area contributed by atoms with Crippen molar-refractivity contribution >= 4 is 27.8 Å². The van der Waals surface area contributed by atoms with E-state index in [1.54, 1.807) is 0 Å². The van der Waals surface area contributed by atoms with E-state index in [2.05, 4.69) is 53.2 Å². The van der Waals surface area contributed by atoms with Crippen molar-refractivity contribution in [1.29, 1.82) is 0 Å². The van der Waals surface area contributed by atoms with E-state index >= 15 is 0 Å². The van der Waals surface area contributed by atoms with Crippen LogP contribution < -0.4 is 0 Å². The summed E-state index contributed by atoms with van der Waals surface area (Å²) in [6, 6.07) is 15.1. The van der Waals surface area contributed by atoms with Gasteiger partial charge in [-0.1, -0.05) is 30.3 Å². The molecule has 1 aromatic heterocycles. The van der Waals surface area contributed by atoms with Gasteiger partial charge in [-0.25, -0.2) is 0 Å². The van der Waals surface area contributed by atoms with Crippen LogP contribution in [0.2, 0.25) is 0 Å². The van der Waals surface area contributed by atoms with Crippen molar-refractivity contribution in [2.24, 2.45) is 5.92 Å². The van der Waals surface area contributed by atoms with Crippen molar-refractivity contribution in [1.82, 2.24) is 9.88 Å². The van der Waals surface area contributed by atoms with E-state index in [0.717, 1.165) is 11.0 Å². The van der Waals surface area contributed by atoms with Gasteiger partial charge < -0.3 is 10.1 Å². The summed E-state index contributed by atoms with van der Waals surface area (Å²) in [7, 11) is 0. The van der Waals surface area contributed by atoms with Gasteiger partial charge in [0.1, 0.15) is 0 Å². The summed E-state index contributed by atoms with van der Waals surface area (Å²) in [5.74, 6) is -0.895. The number of aliphatic carboxylic acids is 1. The molecule has 1 aliphatic rings. The maximum atomic E-state index is 10.9. The summed E-state index contributed by atoms with van der Waals surface area (Å²) in [4.78, 5) is 16.6. The molecule has 0 amide bonds.